The molecule has 1 aliphatic heterocycles. The number of carbonyl (C=O) groups excluding carboxylic acids is 1. The summed E-state index contributed by atoms with van der Waals surface area (Å²) in [5.74, 6) is 1.75. The van der Waals surface area contributed by atoms with Gasteiger partial charge in [0.1, 0.15) is 0 Å². The third-order valence-electron chi connectivity index (χ3n) is 4.66. The Morgan fingerprint density at radius 2 is 1.83 bits per heavy atom. The molecule has 0 bridgehead atoms. The SMILES string of the molecule is COC(=O)[C@H]1CCCN(C2CC(C)CC(C)C2)C1. The van der Waals surface area contributed by atoms with Crippen LogP contribution in [0, 0.1) is 17.8 Å². The number of nitrogens with zero attached hydrogens (tertiary/aromatic N) is 1. The molecular formula is C15H27NO2. The molecule has 2 aliphatic rings. The topological polar surface area (TPSA) is 29.5 Å². The van der Waals surface area contributed by atoms with Crippen LogP contribution in [-0.4, -0.2) is 37.1 Å². The number of carbonyl (C=O) groups is 1. The summed E-state index contributed by atoms with van der Waals surface area (Å²) in [6.07, 6.45) is 6.11. The van der Waals surface area contributed by atoms with Crippen LogP contribution in [0.4, 0.5) is 0 Å². The Bertz CT molecular complexity index is 282. The third kappa shape index (κ3) is 3.25. The highest BCUT2D eigenvalue weighted by atomic mass is 16.5. The summed E-state index contributed by atoms with van der Waals surface area (Å²) in [6.45, 7) is 6.81. The second kappa shape index (κ2) is 6.05. The lowest BCUT2D eigenvalue weighted by atomic mass is 9.79. The zero-order chi connectivity index (χ0) is 13.1. The van der Waals surface area contributed by atoms with E-state index in [1.165, 1.54) is 26.4 Å². The normalized spacial score (nSPS) is 38.4. The van der Waals surface area contributed by atoms with Gasteiger partial charge >= 0.3 is 5.97 Å². The maximum absolute atomic E-state index is 11.7. The molecule has 0 aromatic rings. The molecule has 104 valence electrons. The van der Waals surface area contributed by atoms with Crippen molar-refractivity contribution >= 4 is 5.97 Å². The summed E-state index contributed by atoms with van der Waals surface area (Å²) < 4.78 is 4.90. The molecule has 0 amide bonds. The van der Waals surface area contributed by atoms with Crippen LogP contribution in [0.5, 0.6) is 0 Å². The number of hydrogen-bond donors (Lipinski definition) is 0. The van der Waals surface area contributed by atoms with Crippen molar-refractivity contribution in [1.82, 2.24) is 4.90 Å². The van der Waals surface area contributed by atoms with Gasteiger partial charge in [-0.05, 0) is 50.5 Å². The van der Waals surface area contributed by atoms with Gasteiger partial charge in [0.25, 0.3) is 0 Å². The molecule has 2 fully saturated rings. The van der Waals surface area contributed by atoms with Gasteiger partial charge in [-0.3, -0.25) is 9.69 Å². The van der Waals surface area contributed by atoms with Gasteiger partial charge in [-0.1, -0.05) is 13.8 Å². The highest BCUT2D eigenvalue weighted by Crippen LogP contribution is 2.33. The summed E-state index contributed by atoms with van der Waals surface area (Å²) in [7, 11) is 1.51. The van der Waals surface area contributed by atoms with Crippen LogP contribution in [0.15, 0.2) is 0 Å². The highest BCUT2D eigenvalue weighted by molar-refractivity contribution is 5.72. The summed E-state index contributed by atoms with van der Waals surface area (Å²) in [5, 5.41) is 0. The standard InChI is InChI=1S/C15H27NO2/c1-11-7-12(2)9-14(8-11)16-6-4-5-13(10-16)15(17)18-3/h11-14H,4-10H2,1-3H3/t11?,12?,13-,14?/m0/s1. The van der Waals surface area contributed by atoms with Gasteiger partial charge in [0.15, 0.2) is 0 Å². The summed E-state index contributed by atoms with van der Waals surface area (Å²) >= 11 is 0. The molecule has 2 rings (SSSR count). The number of rotatable bonds is 2. The molecule has 0 aromatic carbocycles. The van der Waals surface area contributed by atoms with E-state index in [0.717, 1.165) is 37.8 Å². The number of ether oxygens (including phenoxy) is 1. The van der Waals surface area contributed by atoms with E-state index in [2.05, 4.69) is 18.7 Å². The number of likely N-dealkylation sites (tertiary alicyclic amines) is 1. The molecule has 3 nitrogen and oxygen atoms in total. The first-order valence-electron chi connectivity index (χ1n) is 7.42. The summed E-state index contributed by atoms with van der Waals surface area (Å²) in [5.41, 5.74) is 0. The summed E-state index contributed by atoms with van der Waals surface area (Å²) in [4.78, 5) is 14.2. The predicted octanol–water partition coefficient (Wildman–Crippen LogP) is 2.70. The molecule has 1 aliphatic carbocycles. The molecule has 1 heterocycles. The molecule has 0 spiro atoms. The van der Waals surface area contributed by atoms with Crippen LogP contribution in [0.3, 0.4) is 0 Å². The first-order chi connectivity index (χ1) is 8.60. The minimum atomic E-state index is -0.0170. The van der Waals surface area contributed by atoms with Crippen molar-refractivity contribution < 1.29 is 9.53 Å². The molecule has 0 radical (unpaired) electrons. The average molecular weight is 253 g/mol. The quantitative estimate of drug-likeness (QED) is 0.709. The van der Waals surface area contributed by atoms with E-state index in [1.54, 1.807) is 0 Å². The van der Waals surface area contributed by atoms with Crippen molar-refractivity contribution in [3.8, 4) is 0 Å². The van der Waals surface area contributed by atoms with E-state index in [0.29, 0.717) is 6.04 Å². The summed E-state index contributed by atoms with van der Waals surface area (Å²) in [6, 6.07) is 0.691. The van der Waals surface area contributed by atoms with Crippen LogP contribution >= 0.6 is 0 Å². The van der Waals surface area contributed by atoms with Crippen molar-refractivity contribution in [2.75, 3.05) is 20.2 Å². The molecule has 1 saturated carbocycles. The fourth-order valence-electron chi connectivity index (χ4n) is 3.90. The maximum Gasteiger partial charge on any atom is 0.309 e. The van der Waals surface area contributed by atoms with Crippen molar-refractivity contribution in [2.24, 2.45) is 17.8 Å². The van der Waals surface area contributed by atoms with E-state index in [9.17, 15) is 4.79 Å². The lowest BCUT2D eigenvalue weighted by molar-refractivity contribution is -0.147. The van der Waals surface area contributed by atoms with E-state index in [-0.39, 0.29) is 11.9 Å². The zero-order valence-corrected chi connectivity index (χ0v) is 12.0. The van der Waals surface area contributed by atoms with Crippen LogP contribution in [0.1, 0.15) is 46.0 Å². The predicted molar refractivity (Wildman–Crippen MR) is 72.3 cm³/mol. The maximum atomic E-state index is 11.7. The Balaban J connectivity index is 1.93. The largest absolute Gasteiger partial charge is 0.469 e. The fraction of sp³-hybridized carbons (Fsp3) is 0.933. The molecule has 0 aromatic heterocycles. The first kappa shape index (κ1) is 13.9. The number of piperidine rings is 1. The molecule has 3 heteroatoms. The van der Waals surface area contributed by atoms with Gasteiger partial charge in [-0.15, -0.1) is 0 Å². The Morgan fingerprint density at radius 1 is 1.17 bits per heavy atom. The van der Waals surface area contributed by atoms with Gasteiger partial charge in [0, 0.05) is 12.6 Å². The fourth-order valence-corrected chi connectivity index (χ4v) is 3.90. The minimum Gasteiger partial charge on any atom is -0.469 e. The first-order valence-corrected chi connectivity index (χ1v) is 7.42. The smallest absolute Gasteiger partial charge is 0.309 e. The van der Waals surface area contributed by atoms with Crippen LogP contribution in [-0.2, 0) is 9.53 Å². The lowest BCUT2D eigenvalue weighted by Gasteiger charge is -2.42. The van der Waals surface area contributed by atoms with Crippen LogP contribution in [0.2, 0.25) is 0 Å². The molecule has 1 saturated heterocycles. The Labute approximate surface area is 111 Å². The van der Waals surface area contributed by atoms with Crippen molar-refractivity contribution in [2.45, 2.75) is 52.0 Å². The Kier molecular flexibility index (Phi) is 4.66. The zero-order valence-electron chi connectivity index (χ0n) is 12.0. The average Bonchev–Trinajstić information content (AvgIpc) is 2.37. The van der Waals surface area contributed by atoms with Crippen molar-refractivity contribution in [1.29, 1.82) is 0 Å². The molecular weight excluding hydrogens is 226 g/mol. The van der Waals surface area contributed by atoms with E-state index < -0.39 is 0 Å². The third-order valence-corrected chi connectivity index (χ3v) is 4.66. The van der Waals surface area contributed by atoms with E-state index in [1.807, 2.05) is 0 Å². The van der Waals surface area contributed by atoms with Crippen LogP contribution < -0.4 is 0 Å². The van der Waals surface area contributed by atoms with Gasteiger partial charge in [-0.2, -0.15) is 0 Å². The van der Waals surface area contributed by atoms with Gasteiger partial charge in [0.2, 0.25) is 0 Å². The van der Waals surface area contributed by atoms with Gasteiger partial charge < -0.3 is 4.74 Å². The number of methoxy groups -OCH3 is 1. The van der Waals surface area contributed by atoms with E-state index >= 15 is 0 Å². The van der Waals surface area contributed by atoms with Gasteiger partial charge in [-0.25, -0.2) is 0 Å². The lowest BCUT2D eigenvalue weighted by Crippen LogP contribution is -2.47. The Hall–Kier alpha value is -0.570. The molecule has 18 heavy (non-hydrogen) atoms. The highest BCUT2D eigenvalue weighted by Gasteiger charge is 2.33. The Morgan fingerprint density at radius 3 is 2.44 bits per heavy atom. The van der Waals surface area contributed by atoms with E-state index in [4.69, 9.17) is 4.74 Å². The molecule has 3 atom stereocenters. The van der Waals surface area contributed by atoms with Crippen LogP contribution in [0.25, 0.3) is 0 Å². The monoisotopic (exact) mass is 253 g/mol. The second-order valence-corrected chi connectivity index (χ2v) is 6.43. The van der Waals surface area contributed by atoms with Gasteiger partial charge in [0.05, 0.1) is 13.0 Å². The van der Waals surface area contributed by atoms with Crippen molar-refractivity contribution in [3.63, 3.8) is 0 Å². The molecule has 0 N–H and O–H groups in total. The second-order valence-electron chi connectivity index (χ2n) is 6.43. The van der Waals surface area contributed by atoms with Crippen molar-refractivity contribution in [3.05, 3.63) is 0 Å². The molecule has 2 unspecified atom stereocenters. The number of esters is 1. The minimum absolute atomic E-state index is 0.0170. The number of hydrogen-bond acceptors (Lipinski definition) is 3.